The van der Waals surface area contributed by atoms with Crippen molar-refractivity contribution in [3.63, 3.8) is 0 Å². The lowest BCUT2D eigenvalue weighted by Gasteiger charge is -2.42. The van der Waals surface area contributed by atoms with Crippen molar-refractivity contribution in [2.75, 3.05) is 21.2 Å². The van der Waals surface area contributed by atoms with Gasteiger partial charge in [0.15, 0.2) is 6.10 Å². The van der Waals surface area contributed by atoms with Crippen LogP contribution in [0.2, 0.25) is 0 Å². The van der Waals surface area contributed by atoms with Crippen LogP contribution in [0.1, 0.15) is 23.1 Å². The van der Waals surface area contributed by atoms with Gasteiger partial charge in [-0.05, 0) is 30.5 Å². The Labute approximate surface area is 179 Å². The first kappa shape index (κ1) is 23.8. The number of aliphatic imine (C=N–C) groups is 1. The molecule has 0 radical (unpaired) electrons. The third kappa shape index (κ3) is 4.82. The Bertz CT molecular complexity index is 807. The Balaban J connectivity index is 1.79. The Kier molecular flexibility index (Phi) is 6.85. The maximum atomic E-state index is 13.9. The Morgan fingerprint density at radius 2 is 1.81 bits per heavy atom. The molecule has 174 valence electrons. The van der Waals surface area contributed by atoms with Gasteiger partial charge < -0.3 is 29.3 Å². The summed E-state index contributed by atoms with van der Waals surface area (Å²) in [5.74, 6) is 1.25. The van der Waals surface area contributed by atoms with Gasteiger partial charge in [0, 0.05) is 20.5 Å². The van der Waals surface area contributed by atoms with Gasteiger partial charge in [0.2, 0.25) is 0 Å². The Hall–Kier alpha value is -1.88. The molecule has 10 heteroatoms. The van der Waals surface area contributed by atoms with Gasteiger partial charge in [0.25, 0.3) is 0 Å². The van der Waals surface area contributed by atoms with Crippen molar-refractivity contribution in [3.05, 3.63) is 28.8 Å². The zero-order valence-electron chi connectivity index (χ0n) is 18.2. The molecule has 0 bridgehead atoms. The molecule has 6 atom stereocenters. The summed E-state index contributed by atoms with van der Waals surface area (Å²) in [4.78, 5) is 6.01. The third-order valence-electron chi connectivity index (χ3n) is 5.72. The molecular weight excluding hydrogens is 417 g/mol. The number of hydrogen-bond acceptors (Lipinski definition) is 7. The average Bonchev–Trinajstić information content (AvgIpc) is 3.09. The smallest absolute Gasteiger partial charge is 0.417 e. The molecule has 1 saturated heterocycles. The van der Waals surface area contributed by atoms with Crippen molar-refractivity contribution in [1.29, 1.82) is 0 Å². The Morgan fingerprint density at radius 1 is 1.19 bits per heavy atom. The predicted molar refractivity (Wildman–Crippen MR) is 107 cm³/mol. The Morgan fingerprint density at radius 3 is 2.32 bits per heavy atom. The van der Waals surface area contributed by atoms with Gasteiger partial charge in [-0.25, -0.2) is 0 Å². The number of aryl methyl sites for hydroxylation is 2. The van der Waals surface area contributed by atoms with Crippen LogP contribution in [0.5, 0.6) is 5.75 Å². The van der Waals surface area contributed by atoms with Crippen molar-refractivity contribution in [2.45, 2.75) is 69.6 Å². The number of amidine groups is 1. The number of aliphatic hydroxyl groups excluding tert-OH is 2. The van der Waals surface area contributed by atoms with Crippen molar-refractivity contribution in [1.82, 2.24) is 4.90 Å². The first-order chi connectivity index (χ1) is 14.4. The van der Waals surface area contributed by atoms with E-state index in [9.17, 15) is 23.4 Å². The number of fused-ring (bicyclic) bond motifs is 1. The van der Waals surface area contributed by atoms with E-state index in [0.29, 0.717) is 17.1 Å². The van der Waals surface area contributed by atoms with Gasteiger partial charge in [0.05, 0.1) is 19.8 Å². The monoisotopic (exact) mass is 446 g/mol. The molecule has 2 aliphatic heterocycles. The highest BCUT2D eigenvalue weighted by Crippen LogP contribution is 2.37. The molecule has 1 unspecified atom stereocenters. The number of halogens is 3. The molecule has 0 amide bonds. The van der Waals surface area contributed by atoms with Gasteiger partial charge in [-0.15, -0.1) is 0 Å². The fraction of sp³-hybridized carbons (Fsp3) is 0.667. The fourth-order valence-corrected chi connectivity index (χ4v) is 4.27. The third-order valence-corrected chi connectivity index (χ3v) is 5.72. The standard InChI is InChI=1S/C21H29F3N2O5/c1-10-6-12(7-11(2)18(10)29-5)9-30-20(21(22,23)24)19-17(28)16(27)15-13(31-19)8-14(25-15)26(3)4/h6-7,13,15-17,19-20,27-28H,8-9H2,1-5H3/t13-,15+,16-,17+,19?,20-/m1/s1. The van der Waals surface area contributed by atoms with E-state index in [0.717, 1.165) is 11.1 Å². The van der Waals surface area contributed by atoms with Crippen molar-refractivity contribution < 1.29 is 37.6 Å². The van der Waals surface area contributed by atoms with E-state index in [4.69, 9.17) is 14.2 Å². The van der Waals surface area contributed by atoms with E-state index in [-0.39, 0.29) is 13.0 Å². The molecule has 0 aliphatic carbocycles. The minimum Gasteiger partial charge on any atom is -0.496 e. The van der Waals surface area contributed by atoms with Gasteiger partial charge >= 0.3 is 6.18 Å². The van der Waals surface area contributed by atoms with E-state index in [1.54, 1.807) is 45.0 Å². The number of hydrogen-bond donors (Lipinski definition) is 2. The normalized spacial score (nSPS) is 29.4. The second-order valence-electron chi connectivity index (χ2n) is 8.29. The molecule has 0 aromatic heterocycles. The molecule has 0 saturated carbocycles. The van der Waals surface area contributed by atoms with Gasteiger partial charge in [0.1, 0.15) is 35.9 Å². The summed E-state index contributed by atoms with van der Waals surface area (Å²) in [6.07, 6.45) is -12.8. The first-order valence-corrected chi connectivity index (χ1v) is 10.0. The van der Waals surface area contributed by atoms with Crippen LogP contribution in [0.25, 0.3) is 0 Å². The number of benzene rings is 1. The minimum absolute atomic E-state index is 0.249. The average molecular weight is 446 g/mol. The number of ether oxygens (including phenoxy) is 3. The minimum atomic E-state index is -4.81. The number of rotatable bonds is 5. The zero-order chi connectivity index (χ0) is 23.1. The molecule has 2 N–H and O–H groups in total. The first-order valence-electron chi connectivity index (χ1n) is 10.0. The molecule has 1 aromatic rings. The number of nitrogens with zero attached hydrogens (tertiary/aromatic N) is 2. The SMILES string of the molecule is COc1c(C)cc(CO[C@H](C2O[C@@H]3CC(N(C)C)=N[C@@H]3[C@@H](O)[C@@H]2O)C(F)(F)F)cc1C. The lowest BCUT2D eigenvalue weighted by atomic mass is 9.90. The maximum absolute atomic E-state index is 13.9. The molecule has 2 aliphatic rings. The molecular formula is C21H29F3N2O5. The maximum Gasteiger partial charge on any atom is 0.417 e. The van der Waals surface area contributed by atoms with Crippen molar-refractivity contribution >= 4 is 5.84 Å². The topological polar surface area (TPSA) is 83.8 Å². The van der Waals surface area contributed by atoms with E-state index >= 15 is 0 Å². The van der Waals surface area contributed by atoms with Crippen LogP contribution in [0.15, 0.2) is 17.1 Å². The van der Waals surface area contributed by atoms with Crippen LogP contribution in [-0.2, 0) is 16.1 Å². The second-order valence-corrected chi connectivity index (χ2v) is 8.29. The highest BCUT2D eigenvalue weighted by molar-refractivity contribution is 5.84. The van der Waals surface area contributed by atoms with Crippen LogP contribution in [0.4, 0.5) is 13.2 Å². The van der Waals surface area contributed by atoms with E-state index in [1.165, 1.54) is 7.11 Å². The summed E-state index contributed by atoms with van der Waals surface area (Å²) >= 11 is 0. The quantitative estimate of drug-likeness (QED) is 0.720. The highest BCUT2D eigenvalue weighted by atomic mass is 19.4. The van der Waals surface area contributed by atoms with Crippen molar-refractivity contribution in [2.24, 2.45) is 4.99 Å². The van der Waals surface area contributed by atoms with Crippen LogP contribution in [0.3, 0.4) is 0 Å². The summed E-state index contributed by atoms with van der Waals surface area (Å²) in [5, 5.41) is 20.9. The molecule has 1 fully saturated rings. The number of alkyl halides is 3. The largest absolute Gasteiger partial charge is 0.496 e. The highest BCUT2D eigenvalue weighted by Gasteiger charge is 2.56. The number of aliphatic hydroxyl groups is 2. The molecule has 7 nitrogen and oxygen atoms in total. The van der Waals surface area contributed by atoms with E-state index in [1.807, 2.05) is 0 Å². The van der Waals surface area contributed by atoms with E-state index in [2.05, 4.69) is 4.99 Å². The predicted octanol–water partition coefficient (Wildman–Crippen LogP) is 1.98. The molecule has 3 rings (SSSR count). The summed E-state index contributed by atoms with van der Waals surface area (Å²) in [5.41, 5.74) is 2.08. The number of methoxy groups -OCH3 is 1. The zero-order valence-corrected chi connectivity index (χ0v) is 18.2. The van der Waals surface area contributed by atoms with Crippen molar-refractivity contribution in [3.8, 4) is 5.75 Å². The van der Waals surface area contributed by atoms with Crippen LogP contribution >= 0.6 is 0 Å². The summed E-state index contributed by atoms with van der Waals surface area (Å²) < 4.78 is 57.8. The second kappa shape index (κ2) is 8.93. The fourth-order valence-electron chi connectivity index (χ4n) is 4.27. The molecule has 31 heavy (non-hydrogen) atoms. The van der Waals surface area contributed by atoms with E-state index < -0.39 is 42.7 Å². The lowest BCUT2D eigenvalue weighted by molar-refractivity contribution is -0.293. The summed E-state index contributed by atoms with van der Waals surface area (Å²) in [6.45, 7) is 3.25. The lowest BCUT2D eigenvalue weighted by Crippen LogP contribution is -2.62. The van der Waals surface area contributed by atoms with Gasteiger partial charge in [-0.3, -0.25) is 4.99 Å². The van der Waals surface area contributed by atoms with Crippen LogP contribution < -0.4 is 4.74 Å². The summed E-state index contributed by atoms with van der Waals surface area (Å²) in [6, 6.07) is 2.57. The van der Waals surface area contributed by atoms with Crippen LogP contribution in [0, 0.1) is 13.8 Å². The van der Waals surface area contributed by atoms with Gasteiger partial charge in [-0.1, -0.05) is 12.1 Å². The van der Waals surface area contributed by atoms with Gasteiger partial charge in [-0.2, -0.15) is 13.2 Å². The molecule has 2 heterocycles. The molecule has 0 spiro atoms. The summed E-state index contributed by atoms with van der Waals surface area (Å²) in [7, 11) is 5.02. The van der Waals surface area contributed by atoms with Crippen LogP contribution in [-0.4, -0.2) is 84.9 Å². The molecule has 1 aromatic carbocycles.